The van der Waals surface area contributed by atoms with E-state index in [0.29, 0.717) is 39.5 Å². The van der Waals surface area contributed by atoms with Crippen LogP contribution in [0.3, 0.4) is 0 Å². The van der Waals surface area contributed by atoms with Crippen molar-refractivity contribution >= 4 is 19.5 Å². The zero-order valence-corrected chi connectivity index (χ0v) is 31.4. The summed E-state index contributed by atoms with van der Waals surface area (Å²) >= 11 is 0. The van der Waals surface area contributed by atoms with Crippen molar-refractivity contribution in [1.29, 1.82) is 0 Å². The molecule has 272 valence electrons. The van der Waals surface area contributed by atoms with Gasteiger partial charge in [0.05, 0.1) is 5.41 Å². The van der Waals surface area contributed by atoms with Gasteiger partial charge in [-0.05, 0) is 70.5 Å². The van der Waals surface area contributed by atoms with Gasteiger partial charge in [-0.25, -0.2) is 0 Å². The fourth-order valence-electron chi connectivity index (χ4n) is 6.93. The molecule has 5 rings (SSSR count). The van der Waals surface area contributed by atoms with Gasteiger partial charge < -0.3 is 14.3 Å². The molecule has 1 unspecified atom stereocenters. The maximum atomic E-state index is 15.8. The summed E-state index contributed by atoms with van der Waals surface area (Å²) in [4.78, 5) is 39.3. The number of ketones is 1. The van der Waals surface area contributed by atoms with Crippen LogP contribution < -0.4 is 0 Å². The van der Waals surface area contributed by atoms with Gasteiger partial charge in [-0.3, -0.25) is 9.36 Å². The summed E-state index contributed by atoms with van der Waals surface area (Å²) in [6, 6.07) is 28.7. The predicted molar refractivity (Wildman–Crippen MR) is 200 cm³/mol. The van der Waals surface area contributed by atoms with E-state index >= 15 is 13.6 Å². The number of allylic oxidation sites excluding steroid dienone is 1. The maximum absolute atomic E-state index is 15.8. The number of rotatable bonds is 11. The molecule has 0 saturated heterocycles. The fourth-order valence-corrected chi connectivity index (χ4v) is 7.43. The fraction of sp³-hybridized carbons (Fsp3) is 0.310. The van der Waals surface area contributed by atoms with Crippen molar-refractivity contribution in [3.05, 3.63) is 148 Å². The van der Waals surface area contributed by atoms with E-state index in [1.165, 1.54) is 6.07 Å². The van der Waals surface area contributed by atoms with E-state index in [1.807, 2.05) is 93.6 Å². The van der Waals surface area contributed by atoms with Gasteiger partial charge in [-0.1, -0.05) is 144 Å². The Balaban J connectivity index is 1.82. The molecule has 52 heavy (non-hydrogen) atoms. The molecule has 2 N–H and O–H groups in total. The van der Waals surface area contributed by atoms with Gasteiger partial charge in [0, 0.05) is 16.7 Å². The Morgan fingerprint density at radius 2 is 1.38 bits per heavy atom. The second-order valence-corrected chi connectivity index (χ2v) is 17.0. The number of carbonyl (C=O) groups is 1. The molecule has 4 aromatic carbocycles. The SMILES string of the molecule is Cc1noc(-c2ccc(C(C/C=C/c3ccccc3)(Cc3ccc(C(F)(F)P(=O)(O)O)c(C(C)(C)C)c3C(C)(C)C)C(=O)c3ccccc3)cc2)n1. The van der Waals surface area contributed by atoms with E-state index in [1.54, 1.807) is 52.0 Å². The van der Waals surface area contributed by atoms with Crippen LogP contribution in [0.15, 0.2) is 108 Å². The van der Waals surface area contributed by atoms with Gasteiger partial charge in [0.15, 0.2) is 11.6 Å². The van der Waals surface area contributed by atoms with Gasteiger partial charge in [-0.2, -0.15) is 13.8 Å². The predicted octanol–water partition coefficient (Wildman–Crippen LogP) is 10.3. The van der Waals surface area contributed by atoms with E-state index in [9.17, 15) is 14.4 Å². The number of alkyl halides is 2. The first-order chi connectivity index (χ1) is 24.3. The highest BCUT2D eigenvalue weighted by molar-refractivity contribution is 7.52. The molecule has 1 heterocycles. The number of aryl methyl sites for hydroxylation is 1. The number of Topliss-reactive ketones (excluding diaryl/α,β-unsaturated/α-hetero) is 1. The van der Waals surface area contributed by atoms with Gasteiger partial charge in [0.25, 0.3) is 5.89 Å². The van der Waals surface area contributed by atoms with Gasteiger partial charge in [-0.15, -0.1) is 0 Å². The largest absolute Gasteiger partial charge is 0.399 e. The Kier molecular flexibility index (Phi) is 10.8. The van der Waals surface area contributed by atoms with E-state index in [4.69, 9.17) is 4.52 Å². The van der Waals surface area contributed by atoms with Crippen LogP contribution >= 0.6 is 7.60 Å². The van der Waals surface area contributed by atoms with Crippen molar-refractivity contribution in [2.45, 2.75) is 83.2 Å². The van der Waals surface area contributed by atoms with Crippen molar-refractivity contribution in [2.75, 3.05) is 0 Å². The van der Waals surface area contributed by atoms with Crippen LogP contribution in [0.2, 0.25) is 0 Å². The highest BCUT2D eigenvalue weighted by Crippen LogP contribution is 2.61. The van der Waals surface area contributed by atoms with Gasteiger partial charge in [0.2, 0.25) is 0 Å². The lowest BCUT2D eigenvalue weighted by Crippen LogP contribution is -2.39. The average molecular weight is 727 g/mol. The topological polar surface area (TPSA) is 114 Å². The highest BCUT2D eigenvalue weighted by atomic mass is 31.2. The van der Waals surface area contributed by atoms with Crippen LogP contribution in [0.5, 0.6) is 0 Å². The summed E-state index contributed by atoms with van der Waals surface area (Å²) < 4.78 is 49.2. The Labute approximate surface area is 304 Å². The maximum Gasteiger partial charge on any atom is 0.399 e. The third-order valence-electron chi connectivity index (χ3n) is 9.23. The molecule has 10 heteroatoms. The van der Waals surface area contributed by atoms with E-state index in [0.717, 1.165) is 11.6 Å². The Morgan fingerprint density at radius 1 is 0.808 bits per heavy atom. The standard InChI is InChI=1S/C42H45F2N2O5P/c1-28-45-38(51-46-28)31-20-23-33(24-21-31)41(37(47)30-18-12-9-13-19-30,26-14-17-29-15-10-8-11-16-29)27-32-22-25-34(42(43,44)52(48,49)50)36(40(5,6)7)35(32)39(2,3)4/h8-25H,26-27H2,1-7H3,(H2,48,49,50)/b17-14+. The minimum Gasteiger partial charge on any atom is -0.334 e. The van der Waals surface area contributed by atoms with Crippen LogP contribution in [0.4, 0.5) is 8.78 Å². The summed E-state index contributed by atoms with van der Waals surface area (Å²) in [6.45, 7) is 12.6. The van der Waals surface area contributed by atoms with Crippen molar-refractivity contribution in [1.82, 2.24) is 10.1 Å². The molecule has 0 aliphatic rings. The van der Waals surface area contributed by atoms with Crippen molar-refractivity contribution in [2.24, 2.45) is 0 Å². The zero-order valence-electron chi connectivity index (χ0n) is 30.5. The first kappa shape index (κ1) is 38.7. The molecule has 0 fully saturated rings. The minimum atomic E-state index is -5.91. The molecule has 7 nitrogen and oxygen atoms in total. The summed E-state index contributed by atoms with van der Waals surface area (Å²) in [5.74, 6) is 0.643. The second kappa shape index (κ2) is 14.5. The Bertz CT molecular complexity index is 2110. The summed E-state index contributed by atoms with van der Waals surface area (Å²) in [7, 11) is -5.91. The molecule has 0 bridgehead atoms. The normalized spacial score (nSPS) is 14.1. The third-order valence-corrected chi connectivity index (χ3v) is 10.2. The van der Waals surface area contributed by atoms with Crippen LogP contribution in [0, 0.1) is 6.92 Å². The minimum absolute atomic E-state index is 0.0936. The number of aromatic nitrogens is 2. The molecule has 0 saturated carbocycles. The lowest BCUT2D eigenvalue weighted by molar-refractivity contribution is 0.0544. The number of halogens is 2. The number of nitrogens with zero attached hydrogens (tertiary/aromatic N) is 2. The molecule has 5 aromatic rings. The molecular weight excluding hydrogens is 681 g/mol. The number of benzene rings is 4. The summed E-state index contributed by atoms with van der Waals surface area (Å²) in [6.07, 6.45) is 4.25. The molecule has 1 atom stereocenters. The Morgan fingerprint density at radius 3 is 1.90 bits per heavy atom. The number of hydrogen-bond acceptors (Lipinski definition) is 5. The van der Waals surface area contributed by atoms with Crippen LogP contribution in [0.1, 0.15) is 97.5 Å². The monoisotopic (exact) mass is 726 g/mol. The van der Waals surface area contributed by atoms with E-state index in [2.05, 4.69) is 10.1 Å². The van der Waals surface area contributed by atoms with Crippen molar-refractivity contribution in [3.63, 3.8) is 0 Å². The van der Waals surface area contributed by atoms with Crippen molar-refractivity contribution in [3.8, 4) is 11.5 Å². The van der Waals surface area contributed by atoms with E-state index < -0.39 is 35.1 Å². The second-order valence-electron chi connectivity index (χ2n) is 15.3. The quantitative estimate of drug-likeness (QED) is 0.103. The lowest BCUT2D eigenvalue weighted by Gasteiger charge is -2.39. The third kappa shape index (κ3) is 7.92. The molecule has 0 radical (unpaired) electrons. The van der Waals surface area contributed by atoms with Crippen LogP contribution in [-0.4, -0.2) is 25.7 Å². The molecule has 0 spiro atoms. The number of carbonyl (C=O) groups excluding carboxylic acids is 1. The first-order valence-electron chi connectivity index (χ1n) is 17.1. The highest BCUT2D eigenvalue weighted by Gasteiger charge is 2.53. The van der Waals surface area contributed by atoms with Crippen molar-refractivity contribution < 1.29 is 32.5 Å². The summed E-state index contributed by atoms with van der Waals surface area (Å²) in [5, 5.41) is 3.91. The molecular formula is C42H45F2N2O5P. The molecule has 0 aliphatic heterocycles. The zero-order chi connectivity index (χ0) is 38.1. The first-order valence-corrected chi connectivity index (χ1v) is 18.7. The van der Waals surface area contributed by atoms with Crippen LogP contribution in [-0.2, 0) is 32.9 Å². The molecule has 1 aromatic heterocycles. The Hall–Kier alpha value is -4.56. The van der Waals surface area contributed by atoms with E-state index in [-0.39, 0.29) is 24.2 Å². The van der Waals surface area contributed by atoms with Crippen LogP contribution in [0.25, 0.3) is 17.5 Å². The number of hydrogen-bond donors (Lipinski definition) is 2. The van der Waals surface area contributed by atoms with Gasteiger partial charge in [0.1, 0.15) is 0 Å². The van der Waals surface area contributed by atoms with Gasteiger partial charge >= 0.3 is 13.3 Å². The molecule has 0 aliphatic carbocycles. The smallest absolute Gasteiger partial charge is 0.334 e. The molecule has 0 amide bonds. The lowest BCUT2D eigenvalue weighted by atomic mass is 9.64. The summed E-state index contributed by atoms with van der Waals surface area (Å²) in [5.41, 5.74) is -4.11. The average Bonchev–Trinajstić information content (AvgIpc) is 3.52.